The van der Waals surface area contributed by atoms with Crippen molar-refractivity contribution in [2.45, 2.75) is 45.6 Å². The molecule has 2 nitrogen and oxygen atoms in total. The number of hydrogen-bond acceptors (Lipinski definition) is 2. The normalized spacial score (nSPS) is 23.9. The third kappa shape index (κ3) is 4.34. The van der Waals surface area contributed by atoms with Crippen molar-refractivity contribution in [3.63, 3.8) is 0 Å². The number of aryl methyl sites for hydroxylation is 1. The van der Waals surface area contributed by atoms with Gasteiger partial charge in [0.25, 0.3) is 0 Å². The van der Waals surface area contributed by atoms with E-state index in [0.29, 0.717) is 6.10 Å². The SMILES string of the molecule is Cc1ccc(NCCOC2CCC(C)CC2)cc1. The molecular formula is C16H25NO. The van der Waals surface area contributed by atoms with E-state index in [1.807, 2.05) is 0 Å². The second kappa shape index (κ2) is 6.79. The van der Waals surface area contributed by atoms with Gasteiger partial charge in [-0.1, -0.05) is 24.6 Å². The monoisotopic (exact) mass is 247 g/mol. The van der Waals surface area contributed by atoms with Crippen molar-refractivity contribution in [3.05, 3.63) is 29.8 Å². The first-order chi connectivity index (χ1) is 8.74. The number of rotatable bonds is 5. The minimum Gasteiger partial charge on any atom is -0.383 e. The third-order valence-corrected chi connectivity index (χ3v) is 3.80. The first kappa shape index (κ1) is 13.4. The standard InChI is InChI=1S/C16H25NO/c1-13-3-7-15(8-4-13)17-11-12-18-16-9-5-14(2)6-10-16/h3-4,7-8,14,16-17H,5-6,9-12H2,1-2H3. The van der Waals surface area contributed by atoms with Gasteiger partial charge in [-0.2, -0.15) is 0 Å². The van der Waals surface area contributed by atoms with Gasteiger partial charge in [0, 0.05) is 12.2 Å². The van der Waals surface area contributed by atoms with Gasteiger partial charge in [-0.15, -0.1) is 0 Å². The Balaban J connectivity index is 1.60. The molecule has 2 rings (SSSR count). The smallest absolute Gasteiger partial charge is 0.0642 e. The lowest BCUT2D eigenvalue weighted by Crippen LogP contribution is -2.23. The van der Waals surface area contributed by atoms with E-state index in [9.17, 15) is 0 Å². The fourth-order valence-electron chi connectivity index (χ4n) is 2.49. The summed E-state index contributed by atoms with van der Waals surface area (Å²) < 4.78 is 5.91. The molecule has 1 aromatic rings. The Kier molecular flexibility index (Phi) is 5.06. The van der Waals surface area contributed by atoms with Crippen LogP contribution in [0.4, 0.5) is 5.69 Å². The molecule has 1 aromatic carbocycles. The van der Waals surface area contributed by atoms with E-state index in [2.05, 4.69) is 43.4 Å². The Labute approximate surface area is 111 Å². The summed E-state index contributed by atoms with van der Waals surface area (Å²) in [5, 5.41) is 3.40. The van der Waals surface area contributed by atoms with Crippen molar-refractivity contribution in [1.82, 2.24) is 0 Å². The molecule has 0 aromatic heterocycles. The molecular weight excluding hydrogens is 222 g/mol. The zero-order valence-corrected chi connectivity index (χ0v) is 11.6. The van der Waals surface area contributed by atoms with Gasteiger partial charge >= 0.3 is 0 Å². The van der Waals surface area contributed by atoms with Crippen LogP contribution in [0, 0.1) is 12.8 Å². The van der Waals surface area contributed by atoms with E-state index in [1.54, 1.807) is 0 Å². The van der Waals surface area contributed by atoms with Gasteiger partial charge in [0.1, 0.15) is 0 Å². The van der Waals surface area contributed by atoms with Gasteiger partial charge in [0.15, 0.2) is 0 Å². The molecule has 1 aliphatic rings. The maximum absolute atomic E-state index is 5.91. The second-order valence-corrected chi connectivity index (χ2v) is 5.55. The third-order valence-electron chi connectivity index (χ3n) is 3.80. The molecule has 0 unspecified atom stereocenters. The summed E-state index contributed by atoms with van der Waals surface area (Å²) in [7, 11) is 0. The van der Waals surface area contributed by atoms with E-state index in [0.717, 1.165) is 19.1 Å². The number of hydrogen-bond donors (Lipinski definition) is 1. The predicted molar refractivity (Wildman–Crippen MR) is 77.0 cm³/mol. The molecule has 100 valence electrons. The molecule has 0 heterocycles. The van der Waals surface area contributed by atoms with Crippen molar-refractivity contribution in [1.29, 1.82) is 0 Å². The van der Waals surface area contributed by atoms with Crippen molar-refractivity contribution in [2.75, 3.05) is 18.5 Å². The van der Waals surface area contributed by atoms with Crippen molar-refractivity contribution >= 4 is 5.69 Å². The summed E-state index contributed by atoms with van der Waals surface area (Å²) in [5.74, 6) is 0.899. The molecule has 2 heteroatoms. The zero-order valence-electron chi connectivity index (χ0n) is 11.6. The van der Waals surface area contributed by atoms with E-state index >= 15 is 0 Å². The quantitative estimate of drug-likeness (QED) is 0.794. The summed E-state index contributed by atoms with van der Waals surface area (Å²) in [6, 6.07) is 8.51. The van der Waals surface area contributed by atoms with Gasteiger partial charge in [-0.3, -0.25) is 0 Å². The highest BCUT2D eigenvalue weighted by molar-refractivity contribution is 5.44. The van der Waals surface area contributed by atoms with Crippen LogP contribution in [0.25, 0.3) is 0 Å². The van der Waals surface area contributed by atoms with Crippen LogP contribution in [0.15, 0.2) is 24.3 Å². The largest absolute Gasteiger partial charge is 0.383 e. The average Bonchev–Trinajstić information content (AvgIpc) is 2.39. The van der Waals surface area contributed by atoms with Crippen LogP contribution in [0.3, 0.4) is 0 Å². The fraction of sp³-hybridized carbons (Fsp3) is 0.625. The van der Waals surface area contributed by atoms with E-state index in [1.165, 1.54) is 36.9 Å². The molecule has 0 saturated heterocycles. The highest BCUT2D eigenvalue weighted by Gasteiger charge is 2.17. The molecule has 1 N–H and O–H groups in total. The fourth-order valence-corrected chi connectivity index (χ4v) is 2.49. The first-order valence-corrected chi connectivity index (χ1v) is 7.16. The molecule has 1 fully saturated rings. The minimum atomic E-state index is 0.501. The zero-order chi connectivity index (χ0) is 12.8. The van der Waals surface area contributed by atoms with E-state index in [4.69, 9.17) is 4.74 Å². The van der Waals surface area contributed by atoms with Crippen LogP contribution in [0.1, 0.15) is 38.2 Å². The molecule has 18 heavy (non-hydrogen) atoms. The van der Waals surface area contributed by atoms with E-state index in [-0.39, 0.29) is 0 Å². The summed E-state index contributed by atoms with van der Waals surface area (Å²) >= 11 is 0. The molecule has 1 saturated carbocycles. The maximum atomic E-state index is 5.91. The van der Waals surface area contributed by atoms with Gasteiger partial charge in [-0.25, -0.2) is 0 Å². The first-order valence-electron chi connectivity index (χ1n) is 7.16. The molecule has 0 spiro atoms. The van der Waals surface area contributed by atoms with Gasteiger partial charge < -0.3 is 10.1 Å². The second-order valence-electron chi connectivity index (χ2n) is 5.55. The Hall–Kier alpha value is -1.02. The molecule has 0 amide bonds. The highest BCUT2D eigenvalue weighted by atomic mass is 16.5. The summed E-state index contributed by atoms with van der Waals surface area (Å²) in [6.07, 6.45) is 5.64. The lowest BCUT2D eigenvalue weighted by atomic mass is 9.89. The Morgan fingerprint density at radius 2 is 1.78 bits per heavy atom. The maximum Gasteiger partial charge on any atom is 0.0642 e. The van der Waals surface area contributed by atoms with Gasteiger partial charge in [-0.05, 0) is 50.7 Å². The number of benzene rings is 1. The summed E-state index contributed by atoms with van der Waals surface area (Å²) in [4.78, 5) is 0. The lowest BCUT2D eigenvalue weighted by Gasteiger charge is -2.26. The van der Waals surface area contributed by atoms with Crippen LogP contribution in [0.2, 0.25) is 0 Å². The average molecular weight is 247 g/mol. The number of ether oxygens (including phenoxy) is 1. The molecule has 0 radical (unpaired) electrons. The lowest BCUT2D eigenvalue weighted by molar-refractivity contribution is 0.0257. The van der Waals surface area contributed by atoms with Crippen LogP contribution in [-0.4, -0.2) is 19.3 Å². The van der Waals surface area contributed by atoms with Crippen molar-refractivity contribution in [3.8, 4) is 0 Å². The topological polar surface area (TPSA) is 21.3 Å². The summed E-state index contributed by atoms with van der Waals surface area (Å²) in [5.41, 5.74) is 2.48. The van der Waals surface area contributed by atoms with Crippen molar-refractivity contribution < 1.29 is 4.74 Å². The molecule has 0 atom stereocenters. The Bertz CT molecular complexity index is 339. The van der Waals surface area contributed by atoms with Crippen LogP contribution in [0.5, 0.6) is 0 Å². The number of nitrogens with one attached hydrogen (secondary N) is 1. The molecule has 0 bridgehead atoms. The van der Waals surface area contributed by atoms with E-state index < -0.39 is 0 Å². The summed E-state index contributed by atoms with van der Waals surface area (Å²) in [6.45, 7) is 6.16. The van der Waals surface area contributed by atoms with Gasteiger partial charge in [0.2, 0.25) is 0 Å². The van der Waals surface area contributed by atoms with Crippen LogP contribution >= 0.6 is 0 Å². The van der Waals surface area contributed by atoms with Gasteiger partial charge in [0.05, 0.1) is 12.7 Å². The van der Waals surface area contributed by atoms with Crippen molar-refractivity contribution in [2.24, 2.45) is 5.92 Å². The molecule has 0 aliphatic heterocycles. The predicted octanol–water partition coefficient (Wildman–Crippen LogP) is 4.00. The molecule has 1 aliphatic carbocycles. The number of anilines is 1. The Morgan fingerprint density at radius 1 is 1.11 bits per heavy atom. The Morgan fingerprint density at radius 3 is 2.44 bits per heavy atom. The minimum absolute atomic E-state index is 0.501. The van der Waals surface area contributed by atoms with Crippen LogP contribution < -0.4 is 5.32 Å². The highest BCUT2D eigenvalue weighted by Crippen LogP contribution is 2.25. The van der Waals surface area contributed by atoms with Crippen LogP contribution in [-0.2, 0) is 4.74 Å².